The van der Waals surface area contributed by atoms with E-state index in [0.717, 1.165) is 43.4 Å². The molecule has 0 aromatic heterocycles. The van der Waals surface area contributed by atoms with E-state index in [2.05, 4.69) is 13.5 Å². The van der Waals surface area contributed by atoms with Gasteiger partial charge in [0.15, 0.2) is 11.5 Å². The molecule has 6 nitrogen and oxygen atoms in total. The summed E-state index contributed by atoms with van der Waals surface area (Å²) in [6.45, 7) is 8.18. The van der Waals surface area contributed by atoms with Crippen molar-refractivity contribution in [1.82, 2.24) is 0 Å². The number of methoxy groups -OCH3 is 1. The Morgan fingerprint density at radius 3 is 2.34 bits per heavy atom. The van der Waals surface area contributed by atoms with Crippen LogP contribution in [0.15, 0.2) is 36.4 Å². The van der Waals surface area contributed by atoms with Crippen LogP contribution in [0.3, 0.4) is 0 Å². The molecule has 0 saturated heterocycles. The van der Waals surface area contributed by atoms with Crippen LogP contribution in [0, 0.1) is 5.92 Å². The quantitative estimate of drug-likeness (QED) is 0.110. The molecule has 0 N–H and O–H groups in total. The molecule has 1 atom stereocenters. The van der Waals surface area contributed by atoms with Crippen molar-refractivity contribution in [3.05, 3.63) is 42.0 Å². The highest BCUT2D eigenvalue weighted by Gasteiger charge is 2.26. The van der Waals surface area contributed by atoms with Crippen molar-refractivity contribution >= 4 is 18.0 Å². The van der Waals surface area contributed by atoms with Crippen LogP contribution < -0.4 is 9.47 Å². The minimum atomic E-state index is -0.368. The summed E-state index contributed by atoms with van der Waals surface area (Å²) < 4.78 is 22.6. The molecule has 0 bridgehead atoms. The molecule has 1 aliphatic rings. The number of esters is 2. The lowest BCUT2D eigenvalue weighted by atomic mass is 9.83. The number of rotatable bonds is 18. The molecule has 2 rings (SSSR count). The standard InChI is InChI=1S/C32H48O6/c1-5-6-10-17-28(27-15-11-9-12-16-27)38-29-20-18-26(24-30(29)35-4)19-21-31(33)36-22-13-7-8-14-23-37-32(34)25(2)3/h18-21,24,27-28H,2,5-17,22-23H2,1,3-4H3. The molecule has 6 heteroatoms. The molecular weight excluding hydrogens is 480 g/mol. The molecule has 0 heterocycles. The minimum Gasteiger partial charge on any atom is -0.493 e. The number of ether oxygens (including phenoxy) is 4. The monoisotopic (exact) mass is 528 g/mol. The molecule has 1 fully saturated rings. The zero-order valence-electron chi connectivity index (χ0n) is 23.8. The normalized spacial score (nSPS) is 14.7. The number of unbranched alkanes of at least 4 members (excludes halogenated alkanes) is 5. The van der Waals surface area contributed by atoms with Gasteiger partial charge in [-0.1, -0.05) is 51.7 Å². The highest BCUT2D eigenvalue weighted by molar-refractivity contribution is 5.87. The number of carbonyl (C=O) groups excluding carboxylic acids is 2. The summed E-state index contributed by atoms with van der Waals surface area (Å²) >= 11 is 0. The maximum atomic E-state index is 12.1. The molecule has 1 unspecified atom stereocenters. The van der Waals surface area contributed by atoms with Crippen LogP contribution in [0.5, 0.6) is 11.5 Å². The van der Waals surface area contributed by atoms with E-state index in [1.54, 1.807) is 20.1 Å². The average Bonchev–Trinajstić information content (AvgIpc) is 2.93. The first-order valence-corrected chi connectivity index (χ1v) is 14.5. The average molecular weight is 529 g/mol. The van der Waals surface area contributed by atoms with Crippen LogP contribution in [-0.4, -0.2) is 38.4 Å². The van der Waals surface area contributed by atoms with Gasteiger partial charge in [-0.25, -0.2) is 9.59 Å². The lowest BCUT2D eigenvalue weighted by Gasteiger charge is -2.31. The fraction of sp³-hybridized carbons (Fsp3) is 0.625. The predicted molar refractivity (Wildman–Crippen MR) is 152 cm³/mol. The Labute approximate surface area is 229 Å². The molecule has 212 valence electrons. The van der Waals surface area contributed by atoms with Gasteiger partial charge in [-0.05, 0) is 88.0 Å². The summed E-state index contributed by atoms with van der Waals surface area (Å²) in [5.41, 5.74) is 1.27. The smallest absolute Gasteiger partial charge is 0.333 e. The number of hydrogen-bond donors (Lipinski definition) is 0. The van der Waals surface area contributed by atoms with Crippen LogP contribution in [0.2, 0.25) is 0 Å². The molecular formula is C32H48O6. The maximum Gasteiger partial charge on any atom is 0.333 e. The zero-order chi connectivity index (χ0) is 27.6. The van der Waals surface area contributed by atoms with Crippen LogP contribution in [0.25, 0.3) is 6.08 Å². The summed E-state index contributed by atoms with van der Waals surface area (Å²) in [6, 6.07) is 5.81. The van der Waals surface area contributed by atoms with Gasteiger partial charge in [0, 0.05) is 11.6 Å². The van der Waals surface area contributed by atoms with Crippen molar-refractivity contribution in [1.29, 1.82) is 0 Å². The lowest BCUT2D eigenvalue weighted by Crippen LogP contribution is -2.29. The third-order valence-corrected chi connectivity index (χ3v) is 7.01. The first kappa shape index (κ1) is 31.5. The Hall–Kier alpha value is -2.76. The zero-order valence-corrected chi connectivity index (χ0v) is 23.8. The van der Waals surface area contributed by atoms with Gasteiger partial charge in [0.25, 0.3) is 0 Å². The van der Waals surface area contributed by atoms with Gasteiger partial charge < -0.3 is 18.9 Å². The van der Waals surface area contributed by atoms with E-state index in [4.69, 9.17) is 18.9 Å². The molecule has 1 aromatic carbocycles. The molecule has 1 aliphatic carbocycles. The van der Waals surface area contributed by atoms with Gasteiger partial charge in [0.2, 0.25) is 0 Å². The Morgan fingerprint density at radius 2 is 1.68 bits per heavy atom. The van der Waals surface area contributed by atoms with Crippen LogP contribution >= 0.6 is 0 Å². The van der Waals surface area contributed by atoms with Gasteiger partial charge in [-0.3, -0.25) is 0 Å². The Balaban J connectivity index is 1.79. The van der Waals surface area contributed by atoms with Crippen molar-refractivity contribution in [2.45, 2.75) is 103 Å². The first-order valence-electron chi connectivity index (χ1n) is 14.5. The third kappa shape index (κ3) is 12.2. The highest BCUT2D eigenvalue weighted by Crippen LogP contribution is 2.35. The molecule has 38 heavy (non-hydrogen) atoms. The molecule has 0 spiro atoms. The molecule has 0 amide bonds. The lowest BCUT2D eigenvalue weighted by molar-refractivity contribution is -0.139. The number of hydrogen-bond acceptors (Lipinski definition) is 6. The summed E-state index contributed by atoms with van der Waals surface area (Å²) in [5.74, 6) is 1.35. The van der Waals surface area contributed by atoms with Crippen molar-refractivity contribution in [3.63, 3.8) is 0 Å². The molecule has 0 aliphatic heterocycles. The first-order chi connectivity index (χ1) is 18.4. The van der Waals surface area contributed by atoms with Crippen molar-refractivity contribution < 1.29 is 28.5 Å². The maximum absolute atomic E-state index is 12.1. The topological polar surface area (TPSA) is 71.1 Å². The second kappa shape index (κ2) is 18.5. The second-order valence-corrected chi connectivity index (χ2v) is 10.3. The van der Waals surface area contributed by atoms with Gasteiger partial charge in [-0.15, -0.1) is 0 Å². The van der Waals surface area contributed by atoms with Crippen LogP contribution in [0.1, 0.15) is 103 Å². The van der Waals surface area contributed by atoms with E-state index in [1.165, 1.54) is 57.4 Å². The minimum absolute atomic E-state index is 0.221. The van der Waals surface area contributed by atoms with E-state index >= 15 is 0 Å². The van der Waals surface area contributed by atoms with E-state index in [0.29, 0.717) is 30.5 Å². The number of carbonyl (C=O) groups is 2. The largest absolute Gasteiger partial charge is 0.493 e. The predicted octanol–water partition coefficient (Wildman–Crippen LogP) is 7.84. The summed E-state index contributed by atoms with van der Waals surface area (Å²) in [5, 5.41) is 0. The van der Waals surface area contributed by atoms with Crippen molar-refractivity contribution in [2.75, 3.05) is 20.3 Å². The Kier molecular flexibility index (Phi) is 15.3. The van der Waals surface area contributed by atoms with Crippen LogP contribution in [0.4, 0.5) is 0 Å². The SMILES string of the molecule is C=C(C)C(=O)OCCCCCCOC(=O)C=Cc1ccc(OC(CCCCC)C2CCCCC2)c(OC)c1. The van der Waals surface area contributed by atoms with Gasteiger partial charge in [0.05, 0.1) is 20.3 Å². The molecule has 1 aromatic rings. The fourth-order valence-electron chi connectivity index (χ4n) is 4.77. The van der Waals surface area contributed by atoms with Crippen molar-refractivity contribution in [3.8, 4) is 11.5 Å². The molecule has 0 radical (unpaired) electrons. The summed E-state index contributed by atoms with van der Waals surface area (Å²) in [6.07, 6.45) is 17.9. The third-order valence-electron chi connectivity index (χ3n) is 7.01. The van der Waals surface area contributed by atoms with Gasteiger partial charge in [-0.2, -0.15) is 0 Å². The van der Waals surface area contributed by atoms with Gasteiger partial charge >= 0.3 is 11.9 Å². The summed E-state index contributed by atoms with van der Waals surface area (Å²) in [7, 11) is 1.65. The molecule has 1 saturated carbocycles. The second-order valence-electron chi connectivity index (χ2n) is 10.3. The Morgan fingerprint density at radius 1 is 0.974 bits per heavy atom. The van der Waals surface area contributed by atoms with E-state index < -0.39 is 0 Å². The Bertz CT molecular complexity index is 884. The van der Waals surface area contributed by atoms with Crippen molar-refractivity contribution in [2.24, 2.45) is 5.92 Å². The van der Waals surface area contributed by atoms with E-state index in [9.17, 15) is 9.59 Å². The van der Waals surface area contributed by atoms with E-state index in [1.807, 2.05) is 18.2 Å². The van der Waals surface area contributed by atoms with Gasteiger partial charge in [0.1, 0.15) is 6.10 Å². The van der Waals surface area contributed by atoms with E-state index in [-0.39, 0.29) is 18.0 Å². The highest BCUT2D eigenvalue weighted by atomic mass is 16.5. The summed E-state index contributed by atoms with van der Waals surface area (Å²) in [4.78, 5) is 23.4. The fourth-order valence-corrected chi connectivity index (χ4v) is 4.77. The van der Waals surface area contributed by atoms with Crippen LogP contribution in [-0.2, 0) is 19.1 Å². The number of benzene rings is 1.